The summed E-state index contributed by atoms with van der Waals surface area (Å²) in [5.41, 5.74) is 0.272. The van der Waals surface area contributed by atoms with Crippen LogP contribution in [0, 0.1) is 0 Å². The Hall–Kier alpha value is -1.46. The second-order valence-corrected chi connectivity index (χ2v) is 3.21. The molecule has 15 heavy (non-hydrogen) atoms. The highest BCUT2D eigenvalue weighted by Crippen LogP contribution is 2.26. The zero-order chi connectivity index (χ0) is 11.4. The molecule has 0 radical (unpaired) electrons. The molecular formula is C9H11ClN2O3. The number of nitrogens with zero attached hydrogens (tertiary/aromatic N) is 1. The Kier molecular flexibility index (Phi) is 3.76. The van der Waals surface area contributed by atoms with E-state index in [4.69, 9.17) is 11.6 Å². The Bertz CT molecular complexity index is 370. The van der Waals surface area contributed by atoms with Crippen molar-refractivity contribution in [1.82, 2.24) is 5.06 Å². The fraction of sp³-hybridized carbons (Fsp3) is 0.222. The van der Waals surface area contributed by atoms with E-state index in [2.05, 4.69) is 10.2 Å². The van der Waals surface area contributed by atoms with Crippen molar-refractivity contribution in [1.29, 1.82) is 0 Å². The van der Waals surface area contributed by atoms with Gasteiger partial charge in [-0.15, -0.1) is 0 Å². The number of anilines is 1. The van der Waals surface area contributed by atoms with E-state index in [1.165, 1.54) is 26.3 Å². The standard InChI is InChI=1S/C9H11ClN2O3/c1-12(15-2)9(14)11-7-4-3-6(10)5-8(7)13/h3-5,13H,1-2H3,(H,11,14). The number of aromatic hydroxyl groups is 1. The maximum Gasteiger partial charge on any atom is 0.345 e. The van der Waals surface area contributed by atoms with Gasteiger partial charge < -0.3 is 10.4 Å². The molecule has 0 spiro atoms. The molecule has 5 nitrogen and oxygen atoms in total. The number of nitrogens with one attached hydrogen (secondary N) is 1. The van der Waals surface area contributed by atoms with Gasteiger partial charge in [0.1, 0.15) is 5.75 Å². The highest BCUT2D eigenvalue weighted by Gasteiger charge is 2.10. The number of hydrogen-bond donors (Lipinski definition) is 2. The second-order valence-electron chi connectivity index (χ2n) is 2.77. The predicted molar refractivity (Wildman–Crippen MR) is 56.9 cm³/mol. The Balaban J connectivity index is 2.77. The van der Waals surface area contributed by atoms with Gasteiger partial charge in [0.05, 0.1) is 12.8 Å². The zero-order valence-corrected chi connectivity index (χ0v) is 9.08. The van der Waals surface area contributed by atoms with Crippen LogP contribution in [0.5, 0.6) is 5.75 Å². The Morgan fingerprint density at radius 1 is 1.60 bits per heavy atom. The number of urea groups is 1. The average Bonchev–Trinajstić information content (AvgIpc) is 2.20. The molecule has 0 bridgehead atoms. The van der Waals surface area contributed by atoms with Gasteiger partial charge in [0.25, 0.3) is 0 Å². The summed E-state index contributed by atoms with van der Waals surface area (Å²) in [5, 5.41) is 13.3. The highest BCUT2D eigenvalue weighted by atomic mass is 35.5. The smallest absolute Gasteiger partial charge is 0.345 e. The molecule has 2 N–H and O–H groups in total. The van der Waals surface area contributed by atoms with Crippen LogP contribution in [0.3, 0.4) is 0 Å². The lowest BCUT2D eigenvalue weighted by atomic mass is 10.3. The van der Waals surface area contributed by atoms with Gasteiger partial charge in [-0.2, -0.15) is 0 Å². The first-order valence-electron chi connectivity index (χ1n) is 4.12. The second kappa shape index (κ2) is 4.86. The van der Waals surface area contributed by atoms with Gasteiger partial charge in [-0.1, -0.05) is 11.6 Å². The lowest BCUT2D eigenvalue weighted by molar-refractivity contribution is -0.0598. The molecule has 6 heteroatoms. The van der Waals surface area contributed by atoms with Crippen molar-refractivity contribution in [2.45, 2.75) is 0 Å². The van der Waals surface area contributed by atoms with Gasteiger partial charge >= 0.3 is 6.03 Å². The first-order chi connectivity index (χ1) is 7.04. The fourth-order valence-corrected chi connectivity index (χ4v) is 1.05. The fourth-order valence-electron chi connectivity index (χ4n) is 0.887. The minimum atomic E-state index is -0.491. The van der Waals surface area contributed by atoms with E-state index >= 15 is 0 Å². The number of phenols is 1. The molecule has 0 aliphatic rings. The summed E-state index contributed by atoms with van der Waals surface area (Å²) < 4.78 is 0. The highest BCUT2D eigenvalue weighted by molar-refractivity contribution is 6.30. The summed E-state index contributed by atoms with van der Waals surface area (Å²) in [5.74, 6) is -0.0969. The molecule has 0 saturated heterocycles. The van der Waals surface area contributed by atoms with Crippen molar-refractivity contribution >= 4 is 23.3 Å². The third-order valence-electron chi connectivity index (χ3n) is 1.76. The molecule has 1 rings (SSSR count). The predicted octanol–water partition coefficient (Wildman–Crippen LogP) is 2.07. The largest absolute Gasteiger partial charge is 0.506 e. The number of carbonyl (C=O) groups excluding carboxylic acids is 1. The van der Waals surface area contributed by atoms with E-state index in [1.54, 1.807) is 6.07 Å². The minimum absolute atomic E-state index is 0.0969. The van der Waals surface area contributed by atoms with E-state index in [9.17, 15) is 9.90 Å². The average molecular weight is 231 g/mol. The molecule has 2 amide bonds. The van der Waals surface area contributed by atoms with Gasteiger partial charge in [-0.3, -0.25) is 4.84 Å². The van der Waals surface area contributed by atoms with Crippen LogP contribution in [-0.2, 0) is 4.84 Å². The number of phenolic OH excluding ortho intramolecular Hbond substituents is 1. The number of hydrogen-bond acceptors (Lipinski definition) is 3. The summed E-state index contributed by atoms with van der Waals surface area (Å²) in [6.07, 6.45) is 0. The molecule has 0 aromatic heterocycles. The summed E-state index contributed by atoms with van der Waals surface area (Å²) in [4.78, 5) is 16.0. The Labute approximate surface area is 92.2 Å². The SMILES string of the molecule is CON(C)C(=O)Nc1ccc(Cl)cc1O. The van der Waals surface area contributed by atoms with Crippen molar-refractivity contribution in [3.63, 3.8) is 0 Å². The van der Waals surface area contributed by atoms with Crippen molar-refractivity contribution < 1.29 is 14.7 Å². The van der Waals surface area contributed by atoms with Gasteiger partial charge in [-0.05, 0) is 12.1 Å². The van der Waals surface area contributed by atoms with Crippen molar-refractivity contribution in [2.75, 3.05) is 19.5 Å². The summed E-state index contributed by atoms with van der Waals surface area (Å²) >= 11 is 5.64. The minimum Gasteiger partial charge on any atom is -0.506 e. The van der Waals surface area contributed by atoms with Crippen LogP contribution in [0.2, 0.25) is 5.02 Å². The maximum atomic E-state index is 11.3. The number of halogens is 1. The zero-order valence-electron chi connectivity index (χ0n) is 8.32. The van der Waals surface area contributed by atoms with Crippen LogP contribution in [0.4, 0.5) is 10.5 Å². The summed E-state index contributed by atoms with van der Waals surface area (Å²) in [6.45, 7) is 0. The lowest BCUT2D eigenvalue weighted by Gasteiger charge is -2.15. The number of benzene rings is 1. The first kappa shape index (κ1) is 11.6. The molecule has 0 atom stereocenters. The van der Waals surface area contributed by atoms with E-state index < -0.39 is 6.03 Å². The normalized spacial score (nSPS) is 9.80. The van der Waals surface area contributed by atoms with E-state index in [0.29, 0.717) is 5.02 Å². The molecular weight excluding hydrogens is 220 g/mol. The van der Waals surface area contributed by atoms with Gasteiger partial charge in [0.15, 0.2) is 0 Å². The van der Waals surface area contributed by atoms with Crippen LogP contribution in [-0.4, -0.2) is 30.4 Å². The Morgan fingerprint density at radius 3 is 2.80 bits per heavy atom. The van der Waals surface area contributed by atoms with E-state index in [1.807, 2.05) is 0 Å². The van der Waals surface area contributed by atoms with Gasteiger partial charge in [0, 0.05) is 18.1 Å². The summed E-state index contributed by atoms with van der Waals surface area (Å²) in [7, 11) is 2.81. The monoisotopic (exact) mass is 230 g/mol. The molecule has 1 aromatic rings. The Morgan fingerprint density at radius 2 is 2.27 bits per heavy atom. The van der Waals surface area contributed by atoms with Crippen molar-refractivity contribution in [2.24, 2.45) is 0 Å². The van der Waals surface area contributed by atoms with Crippen LogP contribution >= 0.6 is 11.6 Å². The van der Waals surface area contributed by atoms with Crippen LogP contribution in [0.25, 0.3) is 0 Å². The molecule has 0 saturated carbocycles. The van der Waals surface area contributed by atoms with Gasteiger partial charge in [-0.25, -0.2) is 9.86 Å². The maximum absolute atomic E-state index is 11.3. The van der Waals surface area contributed by atoms with Crippen LogP contribution in [0.15, 0.2) is 18.2 Å². The number of amides is 2. The van der Waals surface area contributed by atoms with E-state index in [0.717, 1.165) is 5.06 Å². The van der Waals surface area contributed by atoms with E-state index in [-0.39, 0.29) is 11.4 Å². The number of rotatable bonds is 2. The lowest BCUT2D eigenvalue weighted by Crippen LogP contribution is -2.30. The van der Waals surface area contributed by atoms with Crippen molar-refractivity contribution in [3.05, 3.63) is 23.2 Å². The van der Waals surface area contributed by atoms with Gasteiger partial charge in [0.2, 0.25) is 0 Å². The van der Waals surface area contributed by atoms with Crippen LogP contribution < -0.4 is 5.32 Å². The third kappa shape index (κ3) is 3.00. The molecule has 0 heterocycles. The quantitative estimate of drug-likeness (QED) is 0.604. The molecule has 1 aromatic carbocycles. The summed E-state index contributed by atoms with van der Waals surface area (Å²) in [6, 6.07) is 3.90. The molecule has 0 fully saturated rings. The third-order valence-corrected chi connectivity index (χ3v) is 2.00. The topological polar surface area (TPSA) is 61.8 Å². The molecule has 0 aliphatic heterocycles. The van der Waals surface area contributed by atoms with Crippen LogP contribution in [0.1, 0.15) is 0 Å². The molecule has 0 aliphatic carbocycles. The number of carbonyl (C=O) groups is 1. The molecule has 0 unspecified atom stereocenters. The van der Waals surface area contributed by atoms with Crippen molar-refractivity contribution in [3.8, 4) is 5.75 Å². The first-order valence-corrected chi connectivity index (χ1v) is 4.49. The molecule has 82 valence electrons. The number of hydroxylamine groups is 2.